The van der Waals surface area contributed by atoms with E-state index in [1.165, 1.54) is 0 Å². The smallest absolute Gasteiger partial charge is 0.211 e. The van der Waals surface area contributed by atoms with Crippen LogP contribution in [0.4, 0.5) is 0 Å². The molecule has 0 aromatic heterocycles. The highest BCUT2D eigenvalue weighted by atomic mass is 79.9. The second kappa shape index (κ2) is 5.11. The van der Waals surface area contributed by atoms with Gasteiger partial charge in [0, 0.05) is 11.9 Å². The number of nitrogens with one attached hydrogen (secondary N) is 1. The fourth-order valence-corrected chi connectivity index (χ4v) is 2.56. The summed E-state index contributed by atoms with van der Waals surface area (Å²) in [6.07, 6.45) is 0. The van der Waals surface area contributed by atoms with E-state index in [-0.39, 0.29) is 11.7 Å². The van der Waals surface area contributed by atoms with Crippen LogP contribution in [0.15, 0.2) is 0 Å². The number of sulfonamides is 1. The first-order chi connectivity index (χ1) is 4.98. The second-order valence-electron chi connectivity index (χ2n) is 2.76. The zero-order chi connectivity index (χ0) is 8.91. The van der Waals surface area contributed by atoms with Crippen LogP contribution >= 0.6 is 15.9 Å². The van der Waals surface area contributed by atoms with E-state index < -0.39 is 10.0 Å². The third-order valence-electron chi connectivity index (χ3n) is 0.969. The van der Waals surface area contributed by atoms with Gasteiger partial charge in [0.2, 0.25) is 10.0 Å². The number of rotatable bonds is 5. The Morgan fingerprint density at radius 3 is 2.36 bits per heavy atom. The maximum absolute atomic E-state index is 11.1. The molecule has 0 bridgehead atoms. The molecule has 0 aromatic carbocycles. The molecule has 0 aliphatic rings. The molecule has 0 spiro atoms. The Hall–Kier alpha value is 0.390. The van der Waals surface area contributed by atoms with Crippen molar-refractivity contribution >= 4 is 26.0 Å². The summed E-state index contributed by atoms with van der Waals surface area (Å²) < 4.78 is 24.6. The van der Waals surface area contributed by atoms with Crippen molar-refractivity contribution in [2.45, 2.75) is 13.8 Å². The number of hydrogen-bond donors (Lipinski definition) is 1. The Balaban J connectivity index is 3.82. The molecule has 0 saturated carbocycles. The second-order valence-corrected chi connectivity index (χ2v) is 5.40. The van der Waals surface area contributed by atoms with Crippen molar-refractivity contribution in [1.29, 1.82) is 0 Å². The third kappa shape index (κ3) is 6.77. The first-order valence-electron chi connectivity index (χ1n) is 3.51. The minimum Gasteiger partial charge on any atom is -0.214 e. The zero-order valence-corrected chi connectivity index (χ0v) is 9.20. The molecule has 0 unspecified atom stereocenters. The maximum atomic E-state index is 11.1. The quantitative estimate of drug-likeness (QED) is 0.732. The molecular formula is C6H14BrNO2S. The van der Waals surface area contributed by atoms with Gasteiger partial charge in [0.15, 0.2) is 0 Å². The van der Waals surface area contributed by atoms with Crippen LogP contribution in [0, 0.1) is 5.92 Å². The maximum Gasteiger partial charge on any atom is 0.211 e. The van der Waals surface area contributed by atoms with E-state index in [0.717, 1.165) is 0 Å². The van der Waals surface area contributed by atoms with Crippen LogP contribution in [-0.2, 0) is 10.0 Å². The largest absolute Gasteiger partial charge is 0.214 e. The molecule has 5 heteroatoms. The van der Waals surface area contributed by atoms with Gasteiger partial charge in [-0.3, -0.25) is 0 Å². The van der Waals surface area contributed by atoms with Crippen molar-refractivity contribution in [2.75, 3.05) is 17.6 Å². The summed E-state index contributed by atoms with van der Waals surface area (Å²) in [5.74, 6) is 0.392. The average molecular weight is 244 g/mol. The van der Waals surface area contributed by atoms with Crippen molar-refractivity contribution in [3.63, 3.8) is 0 Å². The van der Waals surface area contributed by atoms with E-state index in [2.05, 4.69) is 20.7 Å². The summed E-state index contributed by atoms with van der Waals surface area (Å²) in [4.78, 5) is 0. The molecule has 3 nitrogen and oxygen atoms in total. The van der Waals surface area contributed by atoms with Gasteiger partial charge in [0.1, 0.15) is 0 Å². The average Bonchev–Trinajstić information content (AvgIpc) is 1.81. The van der Waals surface area contributed by atoms with Crippen molar-refractivity contribution in [3.05, 3.63) is 0 Å². The van der Waals surface area contributed by atoms with Crippen molar-refractivity contribution < 1.29 is 8.42 Å². The number of alkyl halides is 1. The topological polar surface area (TPSA) is 46.2 Å². The summed E-state index contributed by atoms with van der Waals surface area (Å²) in [6, 6.07) is 0. The van der Waals surface area contributed by atoms with Crippen LogP contribution in [0.5, 0.6) is 0 Å². The molecule has 0 rings (SSSR count). The zero-order valence-electron chi connectivity index (χ0n) is 6.80. The molecule has 0 heterocycles. The van der Waals surface area contributed by atoms with Gasteiger partial charge in [-0.1, -0.05) is 29.8 Å². The van der Waals surface area contributed by atoms with Crippen LogP contribution in [0.1, 0.15) is 13.8 Å². The minimum atomic E-state index is -3.02. The van der Waals surface area contributed by atoms with Gasteiger partial charge in [-0.05, 0) is 5.92 Å². The standard InChI is InChI=1S/C6H14BrNO2S/c1-6(2)5-11(9,10)8-4-3-7/h6,8H,3-5H2,1-2H3. The lowest BCUT2D eigenvalue weighted by molar-refractivity contribution is 0.571. The van der Waals surface area contributed by atoms with Crippen molar-refractivity contribution in [1.82, 2.24) is 4.72 Å². The predicted octanol–water partition coefficient (Wildman–Crippen LogP) is 0.957. The molecule has 0 amide bonds. The summed E-state index contributed by atoms with van der Waals surface area (Å²) >= 11 is 3.14. The molecule has 0 aromatic rings. The summed E-state index contributed by atoms with van der Waals surface area (Å²) in [6.45, 7) is 4.23. The molecule has 0 atom stereocenters. The lowest BCUT2D eigenvalue weighted by atomic mass is 10.3. The Kier molecular flexibility index (Phi) is 5.29. The van der Waals surface area contributed by atoms with E-state index in [1.54, 1.807) is 0 Å². The number of hydrogen-bond acceptors (Lipinski definition) is 2. The Morgan fingerprint density at radius 1 is 1.45 bits per heavy atom. The summed E-state index contributed by atoms with van der Waals surface area (Å²) in [5.41, 5.74) is 0. The lowest BCUT2D eigenvalue weighted by Gasteiger charge is -2.06. The van der Waals surface area contributed by atoms with Crippen molar-refractivity contribution in [3.8, 4) is 0 Å². The molecule has 0 saturated heterocycles. The van der Waals surface area contributed by atoms with Crippen LogP contribution in [0.3, 0.4) is 0 Å². The first kappa shape index (κ1) is 11.4. The fourth-order valence-electron chi connectivity index (χ4n) is 0.692. The van der Waals surface area contributed by atoms with Crippen LogP contribution in [0.2, 0.25) is 0 Å². The molecule has 0 aliphatic carbocycles. The number of halogens is 1. The van der Waals surface area contributed by atoms with Gasteiger partial charge in [0.25, 0.3) is 0 Å². The Labute approximate surface area is 76.7 Å². The Bertz CT molecular complexity index is 189. The normalized spacial score (nSPS) is 12.4. The van der Waals surface area contributed by atoms with Crippen LogP contribution in [-0.4, -0.2) is 26.0 Å². The van der Waals surface area contributed by atoms with Gasteiger partial charge in [-0.15, -0.1) is 0 Å². The fraction of sp³-hybridized carbons (Fsp3) is 1.00. The molecule has 0 aliphatic heterocycles. The molecule has 1 N–H and O–H groups in total. The van der Waals surface area contributed by atoms with E-state index in [4.69, 9.17) is 0 Å². The Morgan fingerprint density at radius 2 is 2.00 bits per heavy atom. The SMILES string of the molecule is CC(C)CS(=O)(=O)NCCBr. The molecule has 0 fully saturated rings. The molecule has 68 valence electrons. The van der Waals surface area contributed by atoms with E-state index in [1.807, 2.05) is 13.8 Å². The minimum absolute atomic E-state index is 0.183. The summed E-state index contributed by atoms with van der Waals surface area (Å²) in [5, 5.41) is 0.657. The molecular weight excluding hydrogens is 230 g/mol. The van der Waals surface area contributed by atoms with Gasteiger partial charge in [-0.2, -0.15) is 0 Å². The lowest BCUT2D eigenvalue weighted by Crippen LogP contribution is -2.29. The van der Waals surface area contributed by atoms with Gasteiger partial charge >= 0.3 is 0 Å². The van der Waals surface area contributed by atoms with Crippen molar-refractivity contribution in [2.24, 2.45) is 5.92 Å². The molecule has 0 radical (unpaired) electrons. The predicted molar refractivity (Wildman–Crippen MR) is 50.4 cm³/mol. The third-order valence-corrected chi connectivity index (χ3v) is 3.12. The van der Waals surface area contributed by atoms with Crippen LogP contribution in [0.25, 0.3) is 0 Å². The first-order valence-corrected chi connectivity index (χ1v) is 6.28. The van der Waals surface area contributed by atoms with E-state index >= 15 is 0 Å². The highest BCUT2D eigenvalue weighted by molar-refractivity contribution is 9.09. The van der Waals surface area contributed by atoms with Gasteiger partial charge in [0.05, 0.1) is 5.75 Å². The van der Waals surface area contributed by atoms with Gasteiger partial charge in [-0.25, -0.2) is 13.1 Å². The van der Waals surface area contributed by atoms with E-state index in [9.17, 15) is 8.42 Å². The van der Waals surface area contributed by atoms with E-state index in [0.29, 0.717) is 11.9 Å². The highest BCUT2D eigenvalue weighted by Crippen LogP contribution is 1.96. The highest BCUT2D eigenvalue weighted by Gasteiger charge is 2.10. The monoisotopic (exact) mass is 243 g/mol. The van der Waals surface area contributed by atoms with Crippen LogP contribution < -0.4 is 4.72 Å². The van der Waals surface area contributed by atoms with Gasteiger partial charge < -0.3 is 0 Å². The molecule has 11 heavy (non-hydrogen) atoms. The summed E-state index contributed by atoms with van der Waals surface area (Å²) in [7, 11) is -3.02.